The molecular formula is C12H24N4. The second-order valence-corrected chi connectivity index (χ2v) is 4.47. The first kappa shape index (κ1) is 13.2. The van der Waals surface area contributed by atoms with E-state index in [2.05, 4.69) is 42.5 Å². The van der Waals surface area contributed by atoms with Crippen molar-refractivity contribution in [2.24, 2.45) is 0 Å². The summed E-state index contributed by atoms with van der Waals surface area (Å²) < 4.78 is 2.02. The molecule has 1 unspecified atom stereocenters. The molecule has 1 heterocycles. The lowest BCUT2D eigenvalue weighted by Gasteiger charge is -2.17. The van der Waals surface area contributed by atoms with Crippen LogP contribution in [0.2, 0.25) is 0 Å². The molecule has 4 heteroatoms. The summed E-state index contributed by atoms with van der Waals surface area (Å²) in [7, 11) is 6.22. The van der Waals surface area contributed by atoms with Gasteiger partial charge in [0.2, 0.25) is 0 Å². The third-order valence-electron chi connectivity index (χ3n) is 2.72. The van der Waals surface area contributed by atoms with Crippen molar-refractivity contribution in [3.8, 4) is 0 Å². The Morgan fingerprint density at radius 2 is 2.25 bits per heavy atom. The Hall–Kier alpha value is -0.870. The zero-order valence-corrected chi connectivity index (χ0v) is 10.9. The number of nitrogens with zero attached hydrogens (tertiary/aromatic N) is 3. The Morgan fingerprint density at radius 1 is 1.50 bits per heavy atom. The van der Waals surface area contributed by atoms with Crippen LogP contribution in [0.3, 0.4) is 0 Å². The van der Waals surface area contributed by atoms with Gasteiger partial charge in [-0.15, -0.1) is 0 Å². The molecule has 0 saturated heterocycles. The van der Waals surface area contributed by atoms with E-state index in [0.717, 1.165) is 25.9 Å². The highest BCUT2D eigenvalue weighted by Gasteiger charge is 2.11. The van der Waals surface area contributed by atoms with E-state index in [1.807, 2.05) is 17.9 Å². The Balaban J connectivity index is 2.56. The van der Waals surface area contributed by atoms with Crippen LogP contribution in [-0.2, 0) is 6.54 Å². The molecule has 0 bridgehead atoms. The Kier molecular flexibility index (Phi) is 5.49. The van der Waals surface area contributed by atoms with Crippen molar-refractivity contribution in [1.82, 2.24) is 20.0 Å². The lowest BCUT2D eigenvalue weighted by molar-refractivity contribution is 0.368. The number of aromatic nitrogens is 2. The maximum atomic E-state index is 4.36. The smallest absolute Gasteiger partial charge is 0.0537 e. The van der Waals surface area contributed by atoms with Crippen LogP contribution in [-0.4, -0.2) is 42.4 Å². The number of hydrogen-bond acceptors (Lipinski definition) is 3. The SMILES string of the molecule is CCCn1cc(C(CCN(C)C)NC)cn1. The van der Waals surface area contributed by atoms with Gasteiger partial charge in [-0.2, -0.15) is 5.10 Å². The Bertz CT molecular complexity index is 293. The van der Waals surface area contributed by atoms with Crippen molar-refractivity contribution in [3.63, 3.8) is 0 Å². The average molecular weight is 224 g/mol. The number of aryl methyl sites for hydroxylation is 1. The van der Waals surface area contributed by atoms with E-state index in [1.165, 1.54) is 5.56 Å². The van der Waals surface area contributed by atoms with Gasteiger partial charge in [0.25, 0.3) is 0 Å². The van der Waals surface area contributed by atoms with Gasteiger partial charge < -0.3 is 10.2 Å². The lowest BCUT2D eigenvalue weighted by Crippen LogP contribution is -2.22. The third-order valence-corrected chi connectivity index (χ3v) is 2.72. The molecule has 92 valence electrons. The number of nitrogens with one attached hydrogen (secondary N) is 1. The summed E-state index contributed by atoms with van der Waals surface area (Å²) >= 11 is 0. The summed E-state index contributed by atoms with van der Waals surface area (Å²) in [5.41, 5.74) is 1.29. The molecule has 0 saturated carbocycles. The molecule has 0 aliphatic rings. The van der Waals surface area contributed by atoms with E-state index in [4.69, 9.17) is 0 Å². The van der Waals surface area contributed by atoms with Crippen LogP contribution in [0.1, 0.15) is 31.4 Å². The summed E-state index contributed by atoms with van der Waals surface area (Å²) in [6.45, 7) is 4.26. The molecule has 4 nitrogen and oxygen atoms in total. The predicted octanol–water partition coefficient (Wildman–Crippen LogP) is 1.51. The predicted molar refractivity (Wildman–Crippen MR) is 67.5 cm³/mol. The Morgan fingerprint density at radius 3 is 2.81 bits per heavy atom. The zero-order chi connectivity index (χ0) is 12.0. The molecule has 1 N–H and O–H groups in total. The maximum Gasteiger partial charge on any atom is 0.0537 e. The minimum atomic E-state index is 0.410. The van der Waals surface area contributed by atoms with Crippen molar-refractivity contribution < 1.29 is 0 Å². The first-order valence-corrected chi connectivity index (χ1v) is 6.01. The van der Waals surface area contributed by atoms with Crippen molar-refractivity contribution in [1.29, 1.82) is 0 Å². The molecule has 1 aromatic heterocycles. The summed E-state index contributed by atoms with van der Waals surface area (Å²) in [6, 6.07) is 0.410. The van der Waals surface area contributed by atoms with Crippen LogP contribution in [0.5, 0.6) is 0 Å². The highest BCUT2D eigenvalue weighted by Crippen LogP contribution is 2.15. The van der Waals surface area contributed by atoms with E-state index < -0.39 is 0 Å². The topological polar surface area (TPSA) is 33.1 Å². The van der Waals surface area contributed by atoms with Crippen LogP contribution < -0.4 is 5.32 Å². The summed E-state index contributed by atoms with van der Waals surface area (Å²) in [6.07, 6.45) is 6.37. The van der Waals surface area contributed by atoms with E-state index in [0.29, 0.717) is 6.04 Å². The Labute approximate surface area is 98.6 Å². The summed E-state index contributed by atoms with van der Waals surface area (Å²) in [5.74, 6) is 0. The van der Waals surface area contributed by atoms with Gasteiger partial charge in [0.15, 0.2) is 0 Å². The van der Waals surface area contributed by atoms with E-state index in [9.17, 15) is 0 Å². The van der Waals surface area contributed by atoms with Gasteiger partial charge in [-0.05, 0) is 40.5 Å². The van der Waals surface area contributed by atoms with E-state index in [1.54, 1.807) is 0 Å². The molecule has 0 aliphatic carbocycles. The molecule has 0 amide bonds. The highest BCUT2D eigenvalue weighted by atomic mass is 15.3. The normalized spacial score (nSPS) is 13.3. The molecule has 1 atom stereocenters. The molecule has 16 heavy (non-hydrogen) atoms. The van der Waals surface area contributed by atoms with Crippen molar-refractivity contribution in [3.05, 3.63) is 18.0 Å². The molecule has 0 spiro atoms. The quantitative estimate of drug-likeness (QED) is 0.762. The first-order chi connectivity index (χ1) is 7.67. The first-order valence-electron chi connectivity index (χ1n) is 6.01. The van der Waals surface area contributed by atoms with Gasteiger partial charge in [-0.1, -0.05) is 6.92 Å². The van der Waals surface area contributed by atoms with Crippen molar-refractivity contribution in [2.75, 3.05) is 27.7 Å². The number of hydrogen-bond donors (Lipinski definition) is 1. The molecular weight excluding hydrogens is 200 g/mol. The molecule has 0 fully saturated rings. The lowest BCUT2D eigenvalue weighted by atomic mass is 10.1. The summed E-state index contributed by atoms with van der Waals surface area (Å²) in [4.78, 5) is 2.21. The molecule has 0 aromatic carbocycles. The van der Waals surface area contributed by atoms with Crippen molar-refractivity contribution >= 4 is 0 Å². The minimum absolute atomic E-state index is 0.410. The van der Waals surface area contributed by atoms with E-state index >= 15 is 0 Å². The van der Waals surface area contributed by atoms with Gasteiger partial charge in [0.1, 0.15) is 0 Å². The monoisotopic (exact) mass is 224 g/mol. The standard InChI is InChI=1S/C12H24N4/c1-5-7-16-10-11(9-14-16)12(13-2)6-8-15(3)4/h9-10,12-13H,5-8H2,1-4H3. The second kappa shape index (κ2) is 6.66. The van der Waals surface area contributed by atoms with Crippen LogP contribution in [0, 0.1) is 0 Å². The largest absolute Gasteiger partial charge is 0.313 e. The summed E-state index contributed by atoms with van der Waals surface area (Å²) in [5, 5.41) is 7.71. The molecule has 0 radical (unpaired) electrons. The van der Waals surface area contributed by atoms with Crippen LogP contribution in [0.15, 0.2) is 12.4 Å². The van der Waals surface area contributed by atoms with Gasteiger partial charge in [0.05, 0.1) is 6.20 Å². The number of rotatable bonds is 7. The van der Waals surface area contributed by atoms with Gasteiger partial charge in [-0.25, -0.2) is 0 Å². The maximum absolute atomic E-state index is 4.36. The fraction of sp³-hybridized carbons (Fsp3) is 0.750. The highest BCUT2D eigenvalue weighted by molar-refractivity contribution is 5.10. The third kappa shape index (κ3) is 3.94. The minimum Gasteiger partial charge on any atom is -0.313 e. The van der Waals surface area contributed by atoms with Gasteiger partial charge in [-0.3, -0.25) is 4.68 Å². The molecule has 1 rings (SSSR count). The molecule has 0 aliphatic heterocycles. The fourth-order valence-electron chi connectivity index (χ4n) is 1.78. The fourth-order valence-corrected chi connectivity index (χ4v) is 1.78. The van der Waals surface area contributed by atoms with Crippen LogP contribution >= 0.6 is 0 Å². The second-order valence-electron chi connectivity index (χ2n) is 4.47. The van der Waals surface area contributed by atoms with Crippen LogP contribution in [0.4, 0.5) is 0 Å². The van der Waals surface area contributed by atoms with Crippen LogP contribution in [0.25, 0.3) is 0 Å². The van der Waals surface area contributed by atoms with Crippen molar-refractivity contribution in [2.45, 2.75) is 32.4 Å². The van der Waals surface area contributed by atoms with Gasteiger partial charge >= 0.3 is 0 Å². The van der Waals surface area contributed by atoms with E-state index in [-0.39, 0.29) is 0 Å². The average Bonchev–Trinajstić information content (AvgIpc) is 2.68. The van der Waals surface area contributed by atoms with Gasteiger partial charge in [0, 0.05) is 24.3 Å². The molecule has 1 aromatic rings. The zero-order valence-electron chi connectivity index (χ0n) is 10.9.